The Morgan fingerprint density at radius 3 is 2.88 bits per heavy atom. The average molecular weight is 374 g/mol. The summed E-state index contributed by atoms with van der Waals surface area (Å²) in [5, 5.41) is 3.46. The highest BCUT2D eigenvalue weighted by molar-refractivity contribution is 8.14. The van der Waals surface area contributed by atoms with E-state index >= 15 is 0 Å². The molecule has 4 rings (SSSR count). The number of nitrogens with one attached hydrogen (secondary N) is 2. The highest BCUT2D eigenvalue weighted by atomic mass is 32.2. The second-order valence-electron chi connectivity index (χ2n) is 7.39. The Labute approximate surface area is 154 Å². The third-order valence-electron chi connectivity index (χ3n) is 4.92. The number of aromatic nitrogens is 3. The van der Waals surface area contributed by atoms with Crippen molar-refractivity contribution in [1.82, 2.24) is 14.8 Å². The molecule has 0 aliphatic carbocycles. The molecule has 0 radical (unpaired) electrons. The molecule has 2 aromatic rings. The first kappa shape index (κ1) is 17.4. The zero-order valence-corrected chi connectivity index (χ0v) is 15.9. The van der Waals surface area contributed by atoms with Crippen molar-refractivity contribution in [1.29, 1.82) is 0 Å². The van der Waals surface area contributed by atoms with Gasteiger partial charge in [0.05, 0.1) is 27.5 Å². The molecule has 0 saturated carbocycles. The van der Waals surface area contributed by atoms with Crippen LogP contribution in [0.1, 0.15) is 56.0 Å². The molecule has 138 valence electrons. The minimum atomic E-state index is -0.356. The highest BCUT2D eigenvalue weighted by Gasteiger charge is 2.36. The van der Waals surface area contributed by atoms with Gasteiger partial charge in [0.2, 0.25) is 0 Å². The second kappa shape index (κ2) is 6.28. The highest BCUT2D eigenvalue weighted by Crippen LogP contribution is 2.44. The molecule has 1 fully saturated rings. The molecule has 2 aliphatic rings. The van der Waals surface area contributed by atoms with E-state index in [-0.39, 0.29) is 28.0 Å². The van der Waals surface area contributed by atoms with Crippen LogP contribution in [0, 0.1) is 0 Å². The number of hydrogen-bond donors (Lipinski definition) is 2. The van der Waals surface area contributed by atoms with Crippen LogP contribution < -0.4 is 11.1 Å². The molecule has 26 heavy (non-hydrogen) atoms. The molecular formula is C18H22N4O3S. The summed E-state index contributed by atoms with van der Waals surface area (Å²) in [6.07, 6.45) is 3.21. The number of aliphatic imine (C=N–C) groups is 1. The molecule has 2 aromatic heterocycles. The lowest BCUT2D eigenvalue weighted by atomic mass is 9.94. The first-order valence-corrected chi connectivity index (χ1v) is 9.61. The molecule has 4 heterocycles. The standard InChI is InChI=1S/C18H22N4O3S/c1-10-20-15-13(14(26-10)12-5-4-7-19-16(12)23)17(24)21-22(15)11-6-8-25-18(2,3)9-11/h4-5,7,11,14H,6,8-9H2,1-3H3,(H,19,23)(H,21,24). The number of rotatable bonds is 2. The van der Waals surface area contributed by atoms with Crippen LogP contribution in [0.25, 0.3) is 0 Å². The summed E-state index contributed by atoms with van der Waals surface area (Å²) >= 11 is 1.44. The molecule has 2 N–H and O–H groups in total. The van der Waals surface area contributed by atoms with Crippen LogP contribution >= 0.6 is 11.8 Å². The van der Waals surface area contributed by atoms with E-state index in [1.165, 1.54) is 11.8 Å². The van der Waals surface area contributed by atoms with Gasteiger partial charge in [-0.25, -0.2) is 4.99 Å². The van der Waals surface area contributed by atoms with E-state index in [4.69, 9.17) is 4.74 Å². The van der Waals surface area contributed by atoms with E-state index in [9.17, 15) is 9.59 Å². The third kappa shape index (κ3) is 2.97. The van der Waals surface area contributed by atoms with Crippen LogP contribution in [0.2, 0.25) is 0 Å². The fraction of sp³-hybridized carbons (Fsp3) is 0.500. The van der Waals surface area contributed by atoms with Gasteiger partial charge in [-0.1, -0.05) is 17.8 Å². The Hall–Kier alpha value is -2.06. The molecule has 8 heteroatoms. The number of aromatic amines is 2. The van der Waals surface area contributed by atoms with Crippen molar-refractivity contribution in [2.24, 2.45) is 4.99 Å². The Morgan fingerprint density at radius 1 is 1.35 bits per heavy atom. The summed E-state index contributed by atoms with van der Waals surface area (Å²) in [7, 11) is 0. The number of fused-ring (bicyclic) bond motifs is 1. The number of pyridine rings is 1. The van der Waals surface area contributed by atoms with Crippen molar-refractivity contribution in [2.75, 3.05) is 6.61 Å². The van der Waals surface area contributed by atoms with Crippen LogP contribution in [0.4, 0.5) is 5.82 Å². The lowest BCUT2D eigenvalue weighted by Crippen LogP contribution is -2.35. The van der Waals surface area contributed by atoms with E-state index in [0.717, 1.165) is 17.9 Å². The van der Waals surface area contributed by atoms with E-state index in [0.29, 0.717) is 23.6 Å². The van der Waals surface area contributed by atoms with Crippen LogP contribution in [-0.4, -0.2) is 32.0 Å². The molecule has 7 nitrogen and oxygen atoms in total. The smallest absolute Gasteiger partial charge is 0.271 e. The van der Waals surface area contributed by atoms with E-state index < -0.39 is 0 Å². The van der Waals surface area contributed by atoms with Gasteiger partial charge in [0.1, 0.15) is 0 Å². The first-order valence-electron chi connectivity index (χ1n) is 8.73. The quantitative estimate of drug-likeness (QED) is 0.845. The topological polar surface area (TPSA) is 92.2 Å². The summed E-state index contributed by atoms with van der Waals surface area (Å²) in [5.41, 5.74) is 0.534. The lowest BCUT2D eigenvalue weighted by molar-refractivity contribution is -0.0705. The van der Waals surface area contributed by atoms with Crippen LogP contribution in [0.15, 0.2) is 32.9 Å². The van der Waals surface area contributed by atoms with Gasteiger partial charge < -0.3 is 9.72 Å². The maximum absolute atomic E-state index is 12.8. The van der Waals surface area contributed by atoms with Gasteiger partial charge in [-0.15, -0.1) is 0 Å². The van der Waals surface area contributed by atoms with Gasteiger partial charge in [-0.2, -0.15) is 0 Å². The molecule has 1 saturated heterocycles. The summed E-state index contributed by atoms with van der Waals surface area (Å²) in [6, 6.07) is 3.67. The lowest BCUT2D eigenvalue weighted by Gasteiger charge is -2.36. The predicted molar refractivity (Wildman–Crippen MR) is 103 cm³/mol. The zero-order valence-electron chi connectivity index (χ0n) is 15.0. The van der Waals surface area contributed by atoms with Gasteiger partial charge >= 0.3 is 0 Å². The number of hydrogen-bond acceptors (Lipinski definition) is 5. The Kier molecular flexibility index (Phi) is 4.19. The summed E-state index contributed by atoms with van der Waals surface area (Å²) in [4.78, 5) is 32.4. The first-order chi connectivity index (χ1) is 12.4. The Balaban J connectivity index is 1.83. The van der Waals surface area contributed by atoms with Gasteiger partial charge in [-0.3, -0.25) is 19.4 Å². The van der Waals surface area contributed by atoms with Crippen LogP contribution in [0.3, 0.4) is 0 Å². The number of ether oxygens (including phenoxy) is 1. The molecule has 2 atom stereocenters. The molecule has 0 spiro atoms. The van der Waals surface area contributed by atoms with Gasteiger partial charge in [0.25, 0.3) is 11.1 Å². The molecular weight excluding hydrogens is 352 g/mol. The molecule has 0 amide bonds. The van der Waals surface area contributed by atoms with Crippen molar-refractivity contribution < 1.29 is 4.74 Å². The second-order valence-corrected chi connectivity index (χ2v) is 8.68. The maximum atomic E-state index is 12.8. The minimum absolute atomic E-state index is 0.115. The average Bonchev–Trinajstić information content (AvgIpc) is 2.90. The van der Waals surface area contributed by atoms with Crippen molar-refractivity contribution in [3.63, 3.8) is 0 Å². The van der Waals surface area contributed by atoms with Crippen LogP contribution in [-0.2, 0) is 4.74 Å². The van der Waals surface area contributed by atoms with E-state index in [2.05, 4.69) is 28.9 Å². The fourth-order valence-electron chi connectivity index (χ4n) is 3.75. The summed E-state index contributed by atoms with van der Waals surface area (Å²) in [6.45, 7) is 6.67. The van der Waals surface area contributed by atoms with Gasteiger partial charge in [0.15, 0.2) is 5.82 Å². The monoisotopic (exact) mass is 374 g/mol. The summed E-state index contributed by atoms with van der Waals surface area (Å²) < 4.78 is 7.69. The van der Waals surface area contributed by atoms with Crippen molar-refractivity contribution in [3.05, 3.63) is 50.2 Å². The minimum Gasteiger partial charge on any atom is -0.375 e. The summed E-state index contributed by atoms with van der Waals surface area (Å²) in [5.74, 6) is 0.641. The number of thioether (sulfide) groups is 1. The van der Waals surface area contributed by atoms with E-state index in [1.807, 2.05) is 11.6 Å². The van der Waals surface area contributed by atoms with Crippen molar-refractivity contribution in [3.8, 4) is 0 Å². The molecule has 0 aromatic carbocycles. The fourth-order valence-corrected chi connectivity index (χ4v) is 4.88. The largest absolute Gasteiger partial charge is 0.375 e. The predicted octanol–water partition coefficient (Wildman–Crippen LogP) is 2.88. The zero-order chi connectivity index (χ0) is 18.5. The normalized spacial score (nSPS) is 24.8. The van der Waals surface area contributed by atoms with Crippen molar-refractivity contribution >= 4 is 22.6 Å². The van der Waals surface area contributed by atoms with Crippen molar-refractivity contribution in [2.45, 2.75) is 50.5 Å². The van der Waals surface area contributed by atoms with Crippen LogP contribution in [0.5, 0.6) is 0 Å². The molecule has 2 aliphatic heterocycles. The molecule has 0 bridgehead atoms. The number of nitrogens with zero attached hydrogens (tertiary/aromatic N) is 2. The SMILES string of the molecule is CC1=Nc2c(c(=O)[nH]n2C2CCOC(C)(C)C2)C(c2ccc[nH]c2=O)S1. The Morgan fingerprint density at radius 2 is 2.15 bits per heavy atom. The Bertz CT molecular complexity index is 985. The van der Waals surface area contributed by atoms with Gasteiger partial charge in [-0.05, 0) is 39.7 Å². The van der Waals surface area contributed by atoms with Gasteiger partial charge in [0, 0.05) is 18.4 Å². The third-order valence-corrected chi connectivity index (χ3v) is 6.07. The molecule has 2 unspecified atom stereocenters. The van der Waals surface area contributed by atoms with E-state index in [1.54, 1.807) is 18.3 Å². The number of H-pyrrole nitrogens is 2. The maximum Gasteiger partial charge on any atom is 0.271 e.